The molecule has 0 bridgehead atoms. The van der Waals surface area contributed by atoms with Gasteiger partial charge in [0, 0.05) is 17.7 Å². The van der Waals surface area contributed by atoms with Gasteiger partial charge in [0.2, 0.25) is 0 Å². The van der Waals surface area contributed by atoms with E-state index in [0.29, 0.717) is 24.0 Å². The van der Waals surface area contributed by atoms with Crippen LogP contribution in [-0.2, 0) is 0 Å². The summed E-state index contributed by atoms with van der Waals surface area (Å²) in [6.07, 6.45) is 0.838. The van der Waals surface area contributed by atoms with E-state index < -0.39 is 12.2 Å². The smallest absolute Gasteiger partial charge is 0.115 e. The molecule has 2 aromatic rings. The number of aromatic hydroxyl groups is 1. The topological polar surface area (TPSA) is 80.9 Å². The second-order valence-electron chi connectivity index (χ2n) is 5.19. The lowest BCUT2D eigenvalue weighted by Crippen LogP contribution is -1.99. The third kappa shape index (κ3) is 5.36. The first-order valence-electron chi connectivity index (χ1n) is 7.32. The minimum Gasteiger partial charge on any atom is -0.508 e. The van der Waals surface area contributed by atoms with Crippen molar-refractivity contribution in [1.29, 1.82) is 0 Å². The molecule has 5 heteroatoms. The van der Waals surface area contributed by atoms with Gasteiger partial charge in [0.05, 0.1) is 18.8 Å². The van der Waals surface area contributed by atoms with E-state index >= 15 is 0 Å². The minimum absolute atomic E-state index is 0.108. The van der Waals surface area contributed by atoms with Gasteiger partial charge in [-0.25, -0.2) is 0 Å². The molecule has 0 unspecified atom stereocenters. The largest absolute Gasteiger partial charge is 0.508 e. The summed E-state index contributed by atoms with van der Waals surface area (Å²) in [5.74, 6) is 0.108. The van der Waals surface area contributed by atoms with E-state index in [1.165, 1.54) is 17.4 Å². The van der Waals surface area contributed by atoms with Gasteiger partial charge < -0.3 is 20.4 Å². The van der Waals surface area contributed by atoms with Crippen molar-refractivity contribution in [2.45, 2.75) is 25.0 Å². The van der Waals surface area contributed by atoms with Gasteiger partial charge in [-0.1, -0.05) is 18.2 Å². The third-order valence-electron chi connectivity index (χ3n) is 3.40. The van der Waals surface area contributed by atoms with Gasteiger partial charge in [0.25, 0.3) is 0 Å². The lowest BCUT2D eigenvalue weighted by Gasteiger charge is -2.09. The highest BCUT2D eigenvalue weighted by molar-refractivity contribution is 7.10. The molecule has 2 rings (SSSR count). The quantitative estimate of drug-likeness (QED) is 0.587. The van der Waals surface area contributed by atoms with Crippen molar-refractivity contribution in [3.63, 3.8) is 0 Å². The van der Waals surface area contributed by atoms with E-state index in [1.54, 1.807) is 24.3 Å². The van der Waals surface area contributed by atoms with Crippen LogP contribution < -0.4 is 0 Å². The molecule has 0 saturated heterocycles. The Morgan fingerprint density at radius 2 is 2.00 bits per heavy atom. The molecule has 0 spiro atoms. The van der Waals surface area contributed by atoms with E-state index in [4.69, 9.17) is 0 Å². The van der Waals surface area contributed by atoms with Gasteiger partial charge in [-0.15, -0.1) is 17.1 Å². The highest BCUT2D eigenvalue weighted by Crippen LogP contribution is 2.25. The van der Waals surface area contributed by atoms with Crippen LogP contribution in [0.4, 0.5) is 0 Å². The van der Waals surface area contributed by atoms with Crippen LogP contribution in [0, 0.1) is 0 Å². The number of rotatable bonds is 7. The Bertz CT molecular complexity index is 672. The molecule has 122 valence electrons. The number of hydrogen-bond acceptors (Lipinski definition) is 5. The molecule has 0 amide bonds. The van der Waals surface area contributed by atoms with Crippen LogP contribution >= 0.6 is 11.3 Å². The first kappa shape index (κ1) is 17.5. The van der Waals surface area contributed by atoms with Gasteiger partial charge in [-0.05, 0) is 40.8 Å². The van der Waals surface area contributed by atoms with Crippen molar-refractivity contribution in [2.24, 2.45) is 0 Å². The molecule has 2 atom stereocenters. The van der Waals surface area contributed by atoms with Crippen LogP contribution in [0.25, 0.3) is 0 Å². The molecule has 1 aromatic heterocycles. The maximum absolute atomic E-state index is 10.1. The van der Waals surface area contributed by atoms with E-state index in [2.05, 4.69) is 5.73 Å². The van der Waals surface area contributed by atoms with E-state index in [1.807, 2.05) is 17.5 Å². The summed E-state index contributed by atoms with van der Waals surface area (Å²) in [4.78, 5) is 0.845. The van der Waals surface area contributed by atoms with Gasteiger partial charge >= 0.3 is 0 Å². The first-order valence-corrected chi connectivity index (χ1v) is 8.20. The number of phenolic OH excluding ortho intramolecular Hbond substituents is 1. The number of aliphatic hydroxyl groups excluding tert-OH is 3. The van der Waals surface area contributed by atoms with Crippen molar-refractivity contribution in [2.75, 3.05) is 6.61 Å². The molecule has 23 heavy (non-hydrogen) atoms. The normalized spacial score (nSPS) is 13.2. The Labute approximate surface area is 139 Å². The van der Waals surface area contributed by atoms with Crippen LogP contribution in [0.15, 0.2) is 59.2 Å². The lowest BCUT2D eigenvalue weighted by molar-refractivity contribution is 0.175. The van der Waals surface area contributed by atoms with Crippen molar-refractivity contribution >= 4 is 11.3 Å². The zero-order valence-corrected chi connectivity index (χ0v) is 13.4. The molecule has 0 aliphatic carbocycles. The molecule has 0 fully saturated rings. The summed E-state index contributed by atoms with van der Waals surface area (Å²) in [6, 6.07) is 10.2. The molecule has 1 aromatic carbocycles. The van der Waals surface area contributed by atoms with Crippen LogP contribution in [0.5, 0.6) is 5.75 Å². The van der Waals surface area contributed by atoms with Crippen LogP contribution in [0.2, 0.25) is 0 Å². The second kappa shape index (κ2) is 8.67. The number of phenols is 1. The summed E-state index contributed by atoms with van der Waals surface area (Å²) in [6.45, 7) is -0.193. The van der Waals surface area contributed by atoms with Crippen molar-refractivity contribution in [3.8, 4) is 5.75 Å². The molecule has 0 radical (unpaired) electrons. The summed E-state index contributed by atoms with van der Waals surface area (Å²) in [7, 11) is 0. The maximum Gasteiger partial charge on any atom is 0.115 e. The zero-order chi connectivity index (χ0) is 16.7. The molecular weight excluding hydrogens is 312 g/mol. The average Bonchev–Trinajstić information content (AvgIpc) is 3.08. The fraction of sp³-hybridized carbons (Fsp3) is 0.278. The lowest BCUT2D eigenvalue weighted by atomic mass is 10.1. The number of benzene rings is 1. The van der Waals surface area contributed by atoms with Gasteiger partial charge in [-0.3, -0.25) is 0 Å². The van der Waals surface area contributed by atoms with Crippen LogP contribution in [0.3, 0.4) is 0 Å². The average molecular weight is 332 g/mol. The summed E-state index contributed by atoms with van der Waals surface area (Å²) < 4.78 is 0. The molecular formula is C18H20O4S. The highest BCUT2D eigenvalue weighted by Gasteiger charge is 2.11. The van der Waals surface area contributed by atoms with E-state index in [-0.39, 0.29) is 12.4 Å². The van der Waals surface area contributed by atoms with Crippen LogP contribution in [0.1, 0.15) is 35.5 Å². The summed E-state index contributed by atoms with van der Waals surface area (Å²) in [5, 5.41) is 40.8. The predicted molar refractivity (Wildman–Crippen MR) is 90.3 cm³/mol. The highest BCUT2D eigenvalue weighted by atomic mass is 32.1. The zero-order valence-electron chi connectivity index (χ0n) is 12.6. The summed E-state index contributed by atoms with van der Waals surface area (Å²) in [5.41, 5.74) is 4.14. The van der Waals surface area contributed by atoms with E-state index in [9.17, 15) is 20.4 Å². The van der Waals surface area contributed by atoms with Crippen molar-refractivity contribution in [1.82, 2.24) is 0 Å². The second-order valence-corrected chi connectivity index (χ2v) is 6.17. The molecule has 0 aliphatic rings. The number of aliphatic hydroxyl groups is 3. The Morgan fingerprint density at radius 1 is 1.17 bits per heavy atom. The molecule has 4 N–H and O–H groups in total. The Kier molecular flexibility index (Phi) is 6.59. The molecule has 1 heterocycles. The Balaban J connectivity index is 1.98. The van der Waals surface area contributed by atoms with Gasteiger partial charge in [0.1, 0.15) is 5.75 Å². The standard InChI is InChI=1S/C18H20O4S/c19-12-13(10-17(22)18-8-3-9-23-18)4-1-7-16(21)14-5-2-6-15(20)11-14/h1-3,5-6,8-9,11,16-17,19-22H,7,10,12H2/t4?,16-,17-/m1/s1. The third-order valence-corrected chi connectivity index (χ3v) is 4.38. The molecule has 4 nitrogen and oxygen atoms in total. The van der Waals surface area contributed by atoms with Crippen molar-refractivity contribution < 1.29 is 20.4 Å². The Morgan fingerprint density at radius 3 is 2.65 bits per heavy atom. The van der Waals surface area contributed by atoms with Gasteiger partial charge in [-0.2, -0.15) is 0 Å². The van der Waals surface area contributed by atoms with Gasteiger partial charge in [0.15, 0.2) is 0 Å². The Hall–Kier alpha value is -1.88. The summed E-state index contributed by atoms with van der Waals surface area (Å²) >= 11 is 1.46. The molecule has 0 aliphatic heterocycles. The molecule has 0 saturated carbocycles. The van der Waals surface area contributed by atoms with Crippen molar-refractivity contribution in [3.05, 3.63) is 69.6 Å². The SMILES string of the molecule is OCC(=C=CC[C@@H](O)c1cccc(O)c1)C[C@@H](O)c1cccs1. The fourth-order valence-corrected chi connectivity index (χ4v) is 2.88. The van der Waals surface area contributed by atoms with Crippen LogP contribution in [-0.4, -0.2) is 27.0 Å². The number of hydrogen-bond donors (Lipinski definition) is 4. The maximum atomic E-state index is 10.1. The predicted octanol–water partition coefficient (Wildman–Crippen LogP) is 3.07. The fourth-order valence-electron chi connectivity index (χ4n) is 2.17. The monoisotopic (exact) mass is 332 g/mol. The van der Waals surface area contributed by atoms with E-state index in [0.717, 1.165) is 4.88 Å². The minimum atomic E-state index is -0.753. The number of thiophene rings is 1. The first-order chi connectivity index (χ1) is 11.1.